The molecule has 1 heterocycles. The Hall–Kier alpha value is -0.0800. The minimum atomic E-state index is 0.668. The topological polar surface area (TPSA) is 15.3 Å². The minimum Gasteiger partial charge on any atom is -0.313 e. The van der Waals surface area contributed by atoms with Gasteiger partial charge in [0.2, 0.25) is 0 Å². The van der Waals surface area contributed by atoms with Crippen molar-refractivity contribution in [2.45, 2.75) is 65.0 Å². The van der Waals surface area contributed by atoms with Crippen LogP contribution in [0.3, 0.4) is 0 Å². The average Bonchev–Trinajstić information content (AvgIpc) is 2.36. The number of unbranched alkanes of at least 4 members (excludes halogenated alkanes) is 3. The van der Waals surface area contributed by atoms with Crippen molar-refractivity contribution < 1.29 is 0 Å². The molecule has 2 nitrogen and oxygen atoms in total. The molecule has 2 atom stereocenters. The Morgan fingerprint density at radius 3 is 2.73 bits per heavy atom. The van der Waals surface area contributed by atoms with E-state index in [1.165, 1.54) is 51.7 Å². The Balaban J connectivity index is 2.23. The van der Waals surface area contributed by atoms with Crippen molar-refractivity contribution >= 4 is 0 Å². The molecule has 0 aliphatic carbocycles. The van der Waals surface area contributed by atoms with Gasteiger partial charge in [0.1, 0.15) is 0 Å². The van der Waals surface area contributed by atoms with E-state index in [-0.39, 0.29) is 0 Å². The molecule has 15 heavy (non-hydrogen) atoms. The van der Waals surface area contributed by atoms with Crippen LogP contribution in [0.25, 0.3) is 0 Å². The molecular formula is C13H28N2. The molecular weight excluding hydrogens is 184 g/mol. The highest BCUT2D eigenvalue weighted by Crippen LogP contribution is 2.11. The summed E-state index contributed by atoms with van der Waals surface area (Å²) in [5.41, 5.74) is 0. The predicted molar refractivity (Wildman–Crippen MR) is 67.3 cm³/mol. The molecule has 0 aromatic heterocycles. The second-order valence-corrected chi connectivity index (χ2v) is 5.05. The zero-order valence-electron chi connectivity index (χ0n) is 10.8. The monoisotopic (exact) mass is 212 g/mol. The van der Waals surface area contributed by atoms with Crippen molar-refractivity contribution in [1.82, 2.24) is 10.2 Å². The fourth-order valence-corrected chi connectivity index (χ4v) is 2.37. The van der Waals surface area contributed by atoms with Gasteiger partial charge in [0.15, 0.2) is 0 Å². The predicted octanol–water partition coefficient (Wildman–Crippen LogP) is 2.64. The number of rotatable bonds is 5. The minimum absolute atomic E-state index is 0.668. The van der Waals surface area contributed by atoms with Gasteiger partial charge in [0, 0.05) is 18.6 Å². The summed E-state index contributed by atoms with van der Waals surface area (Å²) in [4.78, 5) is 2.67. The normalized spacial score (nSPS) is 29.0. The van der Waals surface area contributed by atoms with Gasteiger partial charge in [-0.2, -0.15) is 0 Å². The first kappa shape index (κ1) is 13.0. The summed E-state index contributed by atoms with van der Waals surface area (Å²) >= 11 is 0. The van der Waals surface area contributed by atoms with Crippen LogP contribution in [-0.4, -0.2) is 36.6 Å². The number of nitrogens with zero attached hydrogens (tertiary/aromatic N) is 1. The molecule has 0 amide bonds. The molecule has 0 aromatic carbocycles. The van der Waals surface area contributed by atoms with E-state index in [2.05, 4.69) is 31.0 Å². The van der Waals surface area contributed by atoms with E-state index in [4.69, 9.17) is 0 Å². The Bertz CT molecular complexity index is 159. The van der Waals surface area contributed by atoms with Crippen LogP contribution in [0.1, 0.15) is 52.9 Å². The summed E-state index contributed by atoms with van der Waals surface area (Å²) in [5.74, 6) is 0. The standard InChI is InChI=1S/C13H28N2/c1-4-5-6-7-10-15-11-12(2)14-9-8-13(15)3/h12-14H,4-11H2,1-3H3. The van der Waals surface area contributed by atoms with Crippen molar-refractivity contribution in [3.8, 4) is 0 Å². The Labute approximate surface area is 95.4 Å². The van der Waals surface area contributed by atoms with Gasteiger partial charge in [-0.1, -0.05) is 26.2 Å². The molecule has 2 heteroatoms. The van der Waals surface area contributed by atoms with Gasteiger partial charge in [-0.25, -0.2) is 0 Å². The third-order valence-corrected chi connectivity index (χ3v) is 3.49. The third kappa shape index (κ3) is 4.98. The van der Waals surface area contributed by atoms with Crippen LogP contribution in [0.15, 0.2) is 0 Å². The van der Waals surface area contributed by atoms with Crippen LogP contribution in [0.4, 0.5) is 0 Å². The van der Waals surface area contributed by atoms with E-state index in [9.17, 15) is 0 Å². The zero-order chi connectivity index (χ0) is 11.1. The van der Waals surface area contributed by atoms with Crippen LogP contribution in [0.5, 0.6) is 0 Å². The van der Waals surface area contributed by atoms with Crippen molar-refractivity contribution in [2.75, 3.05) is 19.6 Å². The Morgan fingerprint density at radius 1 is 1.20 bits per heavy atom. The molecule has 1 saturated heterocycles. The average molecular weight is 212 g/mol. The first-order chi connectivity index (χ1) is 7.24. The fraction of sp³-hybridized carbons (Fsp3) is 1.00. The van der Waals surface area contributed by atoms with E-state index in [0.29, 0.717) is 6.04 Å². The summed E-state index contributed by atoms with van der Waals surface area (Å²) in [6.07, 6.45) is 6.83. The quantitative estimate of drug-likeness (QED) is 0.705. The highest BCUT2D eigenvalue weighted by atomic mass is 15.2. The largest absolute Gasteiger partial charge is 0.313 e. The highest BCUT2D eigenvalue weighted by Gasteiger charge is 2.19. The lowest BCUT2D eigenvalue weighted by Gasteiger charge is -2.28. The van der Waals surface area contributed by atoms with E-state index < -0.39 is 0 Å². The maximum Gasteiger partial charge on any atom is 0.0166 e. The van der Waals surface area contributed by atoms with Gasteiger partial charge in [0.25, 0.3) is 0 Å². The lowest BCUT2D eigenvalue weighted by atomic mass is 10.1. The zero-order valence-corrected chi connectivity index (χ0v) is 10.8. The van der Waals surface area contributed by atoms with Gasteiger partial charge in [-0.15, -0.1) is 0 Å². The summed E-state index contributed by atoms with van der Waals surface area (Å²) in [7, 11) is 0. The van der Waals surface area contributed by atoms with E-state index in [0.717, 1.165) is 6.04 Å². The molecule has 0 spiro atoms. The first-order valence-corrected chi connectivity index (χ1v) is 6.71. The van der Waals surface area contributed by atoms with E-state index in [1.54, 1.807) is 0 Å². The molecule has 0 radical (unpaired) electrons. The van der Waals surface area contributed by atoms with Crippen molar-refractivity contribution in [3.05, 3.63) is 0 Å². The molecule has 1 N–H and O–H groups in total. The van der Waals surface area contributed by atoms with Crippen LogP contribution < -0.4 is 5.32 Å². The molecule has 90 valence electrons. The lowest BCUT2D eigenvalue weighted by molar-refractivity contribution is 0.203. The number of hydrogen-bond acceptors (Lipinski definition) is 2. The van der Waals surface area contributed by atoms with Gasteiger partial charge < -0.3 is 5.32 Å². The molecule has 0 aromatic rings. The molecule has 1 fully saturated rings. The van der Waals surface area contributed by atoms with Crippen LogP contribution in [-0.2, 0) is 0 Å². The van der Waals surface area contributed by atoms with Gasteiger partial charge in [-0.3, -0.25) is 4.90 Å². The maximum absolute atomic E-state index is 3.56. The number of hydrogen-bond donors (Lipinski definition) is 1. The molecule has 1 rings (SSSR count). The van der Waals surface area contributed by atoms with Gasteiger partial charge in [0.05, 0.1) is 0 Å². The Morgan fingerprint density at radius 2 is 2.00 bits per heavy atom. The van der Waals surface area contributed by atoms with E-state index in [1.807, 2.05) is 0 Å². The highest BCUT2D eigenvalue weighted by molar-refractivity contribution is 4.78. The van der Waals surface area contributed by atoms with Crippen LogP contribution in [0.2, 0.25) is 0 Å². The molecule has 2 unspecified atom stereocenters. The van der Waals surface area contributed by atoms with E-state index >= 15 is 0 Å². The van der Waals surface area contributed by atoms with Crippen molar-refractivity contribution in [3.63, 3.8) is 0 Å². The van der Waals surface area contributed by atoms with Gasteiger partial charge >= 0.3 is 0 Å². The summed E-state index contributed by atoms with van der Waals surface area (Å²) in [6.45, 7) is 10.7. The molecule has 1 aliphatic rings. The fourth-order valence-electron chi connectivity index (χ4n) is 2.37. The van der Waals surface area contributed by atoms with Crippen LogP contribution in [0, 0.1) is 0 Å². The number of nitrogens with one attached hydrogen (secondary N) is 1. The maximum atomic E-state index is 3.56. The smallest absolute Gasteiger partial charge is 0.0166 e. The molecule has 0 saturated carbocycles. The van der Waals surface area contributed by atoms with Crippen molar-refractivity contribution in [1.29, 1.82) is 0 Å². The summed E-state index contributed by atoms with van der Waals surface area (Å²) in [6, 6.07) is 1.44. The first-order valence-electron chi connectivity index (χ1n) is 6.71. The molecule has 0 bridgehead atoms. The Kier molecular flexibility index (Phi) is 6.26. The summed E-state index contributed by atoms with van der Waals surface area (Å²) < 4.78 is 0. The third-order valence-electron chi connectivity index (χ3n) is 3.49. The second-order valence-electron chi connectivity index (χ2n) is 5.05. The second kappa shape index (κ2) is 7.24. The SMILES string of the molecule is CCCCCCN1CC(C)NCCC1C. The molecule has 1 aliphatic heterocycles. The summed E-state index contributed by atoms with van der Waals surface area (Å²) in [5, 5.41) is 3.56. The van der Waals surface area contributed by atoms with Crippen molar-refractivity contribution in [2.24, 2.45) is 0 Å². The lowest BCUT2D eigenvalue weighted by Crippen LogP contribution is -2.39. The van der Waals surface area contributed by atoms with Gasteiger partial charge in [-0.05, 0) is 39.8 Å². The van der Waals surface area contributed by atoms with Crippen LogP contribution >= 0.6 is 0 Å².